The summed E-state index contributed by atoms with van der Waals surface area (Å²) in [7, 11) is 0. The maximum Gasteiger partial charge on any atom is 0.132 e. The Morgan fingerprint density at radius 3 is 2.54 bits per heavy atom. The van der Waals surface area contributed by atoms with Crippen LogP contribution in [0.25, 0.3) is 0 Å². The number of Topliss-reactive ketones (excluding diaryl/α,β-unsaturated/α-hetero) is 1. The van der Waals surface area contributed by atoms with Crippen LogP contribution < -0.4 is 0 Å². The molecule has 1 fully saturated rings. The minimum Gasteiger partial charge on any atom is -0.374 e. The van der Waals surface area contributed by atoms with E-state index in [1.807, 2.05) is 0 Å². The third-order valence-electron chi connectivity index (χ3n) is 2.70. The first-order valence-electron chi connectivity index (χ1n) is 4.97. The molecule has 2 nitrogen and oxygen atoms in total. The molecule has 0 aliphatic heterocycles. The van der Waals surface area contributed by atoms with Crippen molar-refractivity contribution in [3.05, 3.63) is 12.7 Å². The molecule has 0 spiro atoms. The molecule has 0 N–H and O–H groups in total. The van der Waals surface area contributed by atoms with Crippen molar-refractivity contribution in [1.29, 1.82) is 0 Å². The molecular formula is C11H18O2. The predicted molar refractivity (Wildman–Crippen MR) is 52.6 cm³/mol. The fourth-order valence-corrected chi connectivity index (χ4v) is 1.84. The highest BCUT2D eigenvalue weighted by atomic mass is 16.5. The molecule has 0 unspecified atom stereocenters. The van der Waals surface area contributed by atoms with E-state index in [9.17, 15) is 4.79 Å². The quantitative estimate of drug-likeness (QED) is 0.624. The van der Waals surface area contributed by atoms with E-state index in [0.29, 0.717) is 24.4 Å². The lowest BCUT2D eigenvalue weighted by molar-refractivity contribution is -0.122. The smallest absolute Gasteiger partial charge is 0.132 e. The highest BCUT2D eigenvalue weighted by molar-refractivity contribution is 5.78. The first-order valence-corrected chi connectivity index (χ1v) is 4.97. The molecule has 0 amide bonds. The molecule has 13 heavy (non-hydrogen) atoms. The zero-order chi connectivity index (χ0) is 9.68. The molecule has 74 valence electrons. The average molecular weight is 182 g/mol. The van der Waals surface area contributed by atoms with E-state index in [1.54, 1.807) is 13.0 Å². The minimum atomic E-state index is 0.295. The third-order valence-corrected chi connectivity index (χ3v) is 2.70. The number of rotatable bonds is 4. The van der Waals surface area contributed by atoms with Gasteiger partial charge in [0.1, 0.15) is 5.78 Å². The van der Waals surface area contributed by atoms with E-state index in [4.69, 9.17) is 4.74 Å². The van der Waals surface area contributed by atoms with Gasteiger partial charge in [-0.2, -0.15) is 0 Å². The van der Waals surface area contributed by atoms with Crippen molar-refractivity contribution in [2.45, 2.75) is 38.7 Å². The number of ether oxygens (including phenoxy) is 1. The molecule has 0 saturated heterocycles. The lowest BCUT2D eigenvalue weighted by Gasteiger charge is -2.26. The number of hydrogen-bond acceptors (Lipinski definition) is 2. The van der Waals surface area contributed by atoms with Gasteiger partial charge in [-0.05, 0) is 32.6 Å². The monoisotopic (exact) mass is 182 g/mol. The Hall–Kier alpha value is -0.630. The van der Waals surface area contributed by atoms with Gasteiger partial charge in [0, 0.05) is 5.92 Å². The van der Waals surface area contributed by atoms with Crippen LogP contribution in [0.2, 0.25) is 0 Å². The molecule has 2 heteroatoms. The minimum absolute atomic E-state index is 0.295. The van der Waals surface area contributed by atoms with Crippen LogP contribution in [0.4, 0.5) is 0 Å². The van der Waals surface area contributed by atoms with Crippen molar-refractivity contribution in [2.24, 2.45) is 5.92 Å². The fourth-order valence-electron chi connectivity index (χ4n) is 1.84. The average Bonchev–Trinajstić information content (AvgIpc) is 2.15. The van der Waals surface area contributed by atoms with Crippen molar-refractivity contribution in [3.8, 4) is 0 Å². The Labute approximate surface area is 80.0 Å². The number of carbonyl (C=O) groups is 1. The van der Waals surface area contributed by atoms with Crippen LogP contribution in [-0.2, 0) is 9.53 Å². The van der Waals surface area contributed by atoms with Gasteiger partial charge in [-0.1, -0.05) is 6.08 Å². The summed E-state index contributed by atoms with van der Waals surface area (Å²) < 4.78 is 5.53. The molecule has 1 aliphatic carbocycles. The third kappa shape index (κ3) is 3.31. The van der Waals surface area contributed by atoms with E-state index >= 15 is 0 Å². The van der Waals surface area contributed by atoms with E-state index in [1.165, 1.54) is 0 Å². The maximum atomic E-state index is 11.1. The number of hydrogen-bond donors (Lipinski definition) is 0. The largest absolute Gasteiger partial charge is 0.374 e. The summed E-state index contributed by atoms with van der Waals surface area (Å²) in [6, 6.07) is 0. The first-order chi connectivity index (χ1) is 6.24. The van der Waals surface area contributed by atoms with Crippen LogP contribution in [0.5, 0.6) is 0 Å². The second kappa shape index (κ2) is 5.18. The van der Waals surface area contributed by atoms with Crippen LogP contribution in [0, 0.1) is 5.92 Å². The predicted octanol–water partition coefficient (Wildman–Crippen LogP) is 2.34. The lowest BCUT2D eigenvalue weighted by atomic mass is 9.85. The van der Waals surface area contributed by atoms with Gasteiger partial charge in [0.15, 0.2) is 0 Å². The molecule has 0 aromatic heterocycles. The van der Waals surface area contributed by atoms with Crippen molar-refractivity contribution < 1.29 is 9.53 Å². The molecule has 1 saturated carbocycles. The van der Waals surface area contributed by atoms with Crippen LogP contribution in [0.3, 0.4) is 0 Å². The molecule has 0 heterocycles. The summed E-state index contributed by atoms with van der Waals surface area (Å²) in [4.78, 5) is 11.1. The van der Waals surface area contributed by atoms with Crippen LogP contribution >= 0.6 is 0 Å². The van der Waals surface area contributed by atoms with Crippen LogP contribution in [0.15, 0.2) is 12.7 Å². The lowest BCUT2D eigenvalue weighted by Crippen LogP contribution is -2.25. The van der Waals surface area contributed by atoms with Gasteiger partial charge in [-0.25, -0.2) is 0 Å². The molecule has 1 rings (SSSR count). The number of carbonyl (C=O) groups excluding carboxylic acids is 1. The fraction of sp³-hybridized carbons (Fsp3) is 0.727. The highest BCUT2D eigenvalue weighted by Crippen LogP contribution is 2.26. The topological polar surface area (TPSA) is 26.3 Å². The zero-order valence-corrected chi connectivity index (χ0v) is 8.29. The normalized spacial score (nSPS) is 28.4. The Balaban J connectivity index is 2.22. The van der Waals surface area contributed by atoms with E-state index in [0.717, 1.165) is 25.7 Å². The molecule has 0 radical (unpaired) electrons. The summed E-state index contributed by atoms with van der Waals surface area (Å²) >= 11 is 0. The van der Waals surface area contributed by atoms with Crippen molar-refractivity contribution in [3.63, 3.8) is 0 Å². The van der Waals surface area contributed by atoms with E-state index in [2.05, 4.69) is 6.58 Å². The zero-order valence-electron chi connectivity index (χ0n) is 8.29. The maximum absolute atomic E-state index is 11.1. The van der Waals surface area contributed by atoms with Gasteiger partial charge in [-0.15, -0.1) is 6.58 Å². The molecular weight excluding hydrogens is 164 g/mol. The molecule has 0 atom stereocenters. The second-order valence-corrected chi connectivity index (χ2v) is 3.71. The Kier molecular flexibility index (Phi) is 4.16. The summed E-state index contributed by atoms with van der Waals surface area (Å²) in [5.41, 5.74) is 0. The molecule has 0 bridgehead atoms. The van der Waals surface area contributed by atoms with Crippen LogP contribution in [-0.4, -0.2) is 18.5 Å². The standard InChI is InChI=1S/C11H18O2/c1-3-8-13-11-6-4-10(5-7-11)9(2)12/h3,10-11H,1,4-8H2,2H3. The van der Waals surface area contributed by atoms with Crippen LogP contribution in [0.1, 0.15) is 32.6 Å². The molecule has 0 aromatic rings. The molecule has 0 aromatic carbocycles. The Morgan fingerprint density at radius 1 is 1.46 bits per heavy atom. The van der Waals surface area contributed by atoms with E-state index < -0.39 is 0 Å². The van der Waals surface area contributed by atoms with Crippen molar-refractivity contribution in [2.75, 3.05) is 6.61 Å². The summed E-state index contributed by atoms with van der Waals surface area (Å²) in [6.07, 6.45) is 6.18. The van der Waals surface area contributed by atoms with Gasteiger partial charge in [0.05, 0.1) is 12.7 Å². The van der Waals surface area contributed by atoms with Gasteiger partial charge < -0.3 is 4.74 Å². The SMILES string of the molecule is C=CCOC1CCC(C(C)=O)CC1. The van der Waals surface area contributed by atoms with Gasteiger partial charge in [-0.3, -0.25) is 4.79 Å². The highest BCUT2D eigenvalue weighted by Gasteiger charge is 2.23. The summed E-state index contributed by atoms with van der Waals surface area (Å²) in [5.74, 6) is 0.630. The number of ketones is 1. The van der Waals surface area contributed by atoms with Crippen molar-refractivity contribution >= 4 is 5.78 Å². The van der Waals surface area contributed by atoms with Gasteiger partial charge >= 0.3 is 0 Å². The molecule has 1 aliphatic rings. The van der Waals surface area contributed by atoms with Crippen molar-refractivity contribution in [1.82, 2.24) is 0 Å². The summed E-state index contributed by atoms with van der Waals surface area (Å²) in [6.45, 7) is 5.93. The van der Waals surface area contributed by atoms with E-state index in [-0.39, 0.29) is 0 Å². The Morgan fingerprint density at radius 2 is 2.08 bits per heavy atom. The summed E-state index contributed by atoms with van der Waals surface area (Å²) in [5, 5.41) is 0. The second-order valence-electron chi connectivity index (χ2n) is 3.71. The Bertz CT molecular complexity index is 179. The van der Waals surface area contributed by atoms with Gasteiger partial charge in [0.25, 0.3) is 0 Å². The first kappa shape index (κ1) is 10.5. The van der Waals surface area contributed by atoms with Gasteiger partial charge in [0.2, 0.25) is 0 Å².